The normalized spacial score (nSPS) is 26.7. The lowest BCUT2D eigenvalue weighted by molar-refractivity contribution is -0.276. The highest BCUT2D eigenvalue weighted by molar-refractivity contribution is 8.23. The standard InChI is InChI=1S/C20H25F4N5O4S/c1-13-9-19(12-27(2)34(31,32)29(19)15-5-3-4-14(21)8-15)6-7-28(13)11-17-25-10-16(30)18(26-17)33-20(22,23)24/h3-5,8,10,13,30-32H,6-7,9,11-12H2,1-2H3/t13-,19+/m0/s1. The summed E-state index contributed by atoms with van der Waals surface area (Å²) < 4.78 is 80.2. The van der Waals surface area contributed by atoms with Crippen LogP contribution in [-0.4, -0.2) is 71.5 Å². The topological polar surface area (TPSA) is 105 Å². The van der Waals surface area contributed by atoms with Gasteiger partial charge in [0.2, 0.25) is 0 Å². The van der Waals surface area contributed by atoms with Gasteiger partial charge in [0.15, 0.2) is 5.75 Å². The summed E-state index contributed by atoms with van der Waals surface area (Å²) in [6, 6.07) is 5.52. The van der Waals surface area contributed by atoms with Crippen LogP contribution in [0.5, 0.6) is 11.6 Å². The van der Waals surface area contributed by atoms with E-state index in [1.807, 2.05) is 11.8 Å². The monoisotopic (exact) mass is 507 g/mol. The SMILES string of the molecule is C[C@H]1C[C@]2(CCN1Cc1ncc(O)c(OC(F)(F)F)n1)CN(C)S(O)(O)N2c1cccc(F)c1. The first-order chi connectivity index (χ1) is 15.8. The Balaban J connectivity index is 1.55. The lowest BCUT2D eigenvalue weighted by atomic mass is 9.83. The lowest BCUT2D eigenvalue weighted by Crippen LogP contribution is -2.57. The van der Waals surface area contributed by atoms with Crippen molar-refractivity contribution in [3.8, 4) is 11.6 Å². The first-order valence-corrected chi connectivity index (χ1v) is 11.9. The molecule has 0 amide bonds. The zero-order valence-electron chi connectivity index (χ0n) is 18.4. The number of likely N-dealkylation sites (N-methyl/N-ethyl adjacent to an activating group) is 1. The Hall–Kier alpha value is -2.39. The second-order valence-electron chi connectivity index (χ2n) is 8.57. The molecule has 2 aromatic rings. The Kier molecular flexibility index (Phi) is 6.31. The van der Waals surface area contributed by atoms with E-state index in [-0.39, 0.29) is 18.4 Å². The van der Waals surface area contributed by atoms with Gasteiger partial charge < -0.3 is 9.84 Å². The van der Waals surface area contributed by atoms with Crippen LogP contribution in [0.25, 0.3) is 0 Å². The molecule has 0 radical (unpaired) electrons. The molecule has 1 aromatic carbocycles. The highest BCUT2D eigenvalue weighted by Gasteiger charge is 2.55. The summed E-state index contributed by atoms with van der Waals surface area (Å²) in [6.07, 6.45) is -3.22. The number of alkyl halides is 3. The molecule has 0 unspecified atom stereocenters. The van der Waals surface area contributed by atoms with Gasteiger partial charge in [0.25, 0.3) is 5.88 Å². The second kappa shape index (κ2) is 8.68. The van der Waals surface area contributed by atoms with Crippen molar-refractivity contribution >= 4 is 16.6 Å². The van der Waals surface area contributed by atoms with Crippen LogP contribution in [0.3, 0.4) is 0 Å². The van der Waals surface area contributed by atoms with E-state index < -0.39 is 40.3 Å². The third-order valence-electron chi connectivity index (χ3n) is 6.16. The van der Waals surface area contributed by atoms with Crippen LogP contribution in [-0.2, 0) is 6.54 Å². The molecule has 2 atom stereocenters. The van der Waals surface area contributed by atoms with E-state index >= 15 is 0 Å². The predicted octanol–water partition coefficient (Wildman–Crippen LogP) is 3.98. The van der Waals surface area contributed by atoms with Crippen molar-refractivity contribution < 1.29 is 36.5 Å². The van der Waals surface area contributed by atoms with E-state index in [4.69, 9.17) is 0 Å². The molecule has 3 heterocycles. The molecule has 2 aliphatic rings. The Bertz CT molecular complexity index is 1060. The van der Waals surface area contributed by atoms with Gasteiger partial charge in [0.05, 0.1) is 24.0 Å². The second-order valence-corrected chi connectivity index (χ2v) is 10.5. The lowest BCUT2D eigenvalue weighted by Gasteiger charge is -2.51. The van der Waals surface area contributed by atoms with E-state index in [1.54, 1.807) is 13.1 Å². The van der Waals surface area contributed by atoms with Crippen LogP contribution in [0.1, 0.15) is 25.6 Å². The molecule has 2 fully saturated rings. The Morgan fingerprint density at radius 1 is 1.29 bits per heavy atom. The molecule has 188 valence electrons. The van der Waals surface area contributed by atoms with Crippen molar-refractivity contribution in [1.82, 2.24) is 19.2 Å². The summed E-state index contributed by atoms with van der Waals surface area (Å²) in [5.74, 6) is -2.25. The van der Waals surface area contributed by atoms with Crippen LogP contribution in [0.2, 0.25) is 0 Å². The van der Waals surface area contributed by atoms with Crippen LogP contribution in [0, 0.1) is 5.82 Å². The molecule has 3 N–H and O–H groups in total. The Morgan fingerprint density at radius 3 is 2.68 bits per heavy atom. The molecule has 2 saturated heterocycles. The fourth-order valence-electron chi connectivity index (χ4n) is 4.74. The van der Waals surface area contributed by atoms with Gasteiger partial charge in [-0.05, 0) is 38.0 Å². The highest BCUT2D eigenvalue weighted by atomic mass is 32.3. The van der Waals surface area contributed by atoms with E-state index in [0.717, 1.165) is 6.20 Å². The maximum absolute atomic E-state index is 14.0. The summed E-state index contributed by atoms with van der Waals surface area (Å²) >= 11 is 0. The van der Waals surface area contributed by atoms with Gasteiger partial charge in [-0.25, -0.2) is 9.37 Å². The number of anilines is 1. The first kappa shape index (κ1) is 24.7. The smallest absolute Gasteiger partial charge is 0.502 e. The molecule has 0 aliphatic carbocycles. The van der Waals surface area contributed by atoms with E-state index in [2.05, 4.69) is 14.7 Å². The van der Waals surface area contributed by atoms with Crippen molar-refractivity contribution in [2.24, 2.45) is 0 Å². The van der Waals surface area contributed by atoms with E-state index in [9.17, 15) is 31.8 Å². The number of halogens is 4. The minimum Gasteiger partial charge on any atom is -0.502 e. The summed E-state index contributed by atoms with van der Waals surface area (Å²) in [6.45, 7) is 2.78. The average Bonchev–Trinajstić information content (AvgIpc) is 2.90. The van der Waals surface area contributed by atoms with Gasteiger partial charge in [0.1, 0.15) is 11.6 Å². The Morgan fingerprint density at radius 2 is 2.03 bits per heavy atom. The molecular formula is C20H25F4N5O4S. The molecule has 14 heteroatoms. The summed E-state index contributed by atoms with van der Waals surface area (Å²) in [7, 11) is -1.77. The van der Waals surface area contributed by atoms with Crippen LogP contribution < -0.4 is 9.04 Å². The molecule has 0 bridgehead atoms. The molecule has 34 heavy (non-hydrogen) atoms. The maximum atomic E-state index is 14.0. The van der Waals surface area contributed by atoms with Crippen LogP contribution in [0.15, 0.2) is 30.5 Å². The number of hydrogen-bond acceptors (Lipinski definition) is 9. The minimum absolute atomic E-state index is 0.0367. The molecule has 1 spiro atoms. The number of nitrogens with zero attached hydrogens (tertiary/aromatic N) is 5. The van der Waals surface area contributed by atoms with Gasteiger partial charge >= 0.3 is 6.36 Å². The molecular weight excluding hydrogens is 482 g/mol. The maximum Gasteiger partial charge on any atom is 0.574 e. The number of aromatic hydroxyl groups is 1. The van der Waals surface area contributed by atoms with Crippen molar-refractivity contribution in [2.75, 3.05) is 24.4 Å². The molecule has 2 aliphatic heterocycles. The van der Waals surface area contributed by atoms with Crippen molar-refractivity contribution in [3.05, 3.63) is 42.1 Å². The van der Waals surface area contributed by atoms with E-state index in [1.165, 1.54) is 26.8 Å². The first-order valence-electron chi connectivity index (χ1n) is 10.4. The van der Waals surface area contributed by atoms with Crippen molar-refractivity contribution in [2.45, 2.75) is 44.3 Å². The highest BCUT2D eigenvalue weighted by Crippen LogP contribution is 2.61. The molecule has 4 rings (SSSR count). The number of benzene rings is 1. The number of piperidine rings is 1. The summed E-state index contributed by atoms with van der Waals surface area (Å²) in [4.78, 5) is 9.56. The molecule has 9 nitrogen and oxygen atoms in total. The fraction of sp³-hybridized carbons (Fsp3) is 0.500. The molecule has 0 saturated carbocycles. The van der Waals surface area contributed by atoms with Crippen LogP contribution in [0.4, 0.5) is 23.2 Å². The number of hydrogen-bond donors (Lipinski definition) is 3. The van der Waals surface area contributed by atoms with Crippen LogP contribution >= 0.6 is 11.0 Å². The third-order valence-corrected chi connectivity index (χ3v) is 8.21. The van der Waals surface area contributed by atoms with Crippen molar-refractivity contribution in [1.29, 1.82) is 0 Å². The minimum atomic E-state index is -5.01. The van der Waals surface area contributed by atoms with Gasteiger partial charge in [-0.1, -0.05) is 17.0 Å². The Labute approximate surface area is 195 Å². The van der Waals surface area contributed by atoms with Gasteiger partial charge in [-0.2, -0.15) is 9.29 Å². The van der Waals surface area contributed by atoms with Gasteiger partial charge in [-0.3, -0.25) is 18.3 Å². The number of likely N-dealkylation sites (tertiary alicyclic amines) is 1. The van der Waals surface area contributed by atoms with Gasteiger partial charge in [0, 0.05) is 26.2 Å². The largest absolute Gasteiger partial charge is 0.574 e. The van der Waals surface area contributed by atoms with Gasteiger partial charge in [-0.15, -0.1) is 13.2 Å². The zero-order valence-corrected chi connectivity index (χ0v) is 19.2. The molecule has 1 aromatic heterocycles. The predicted molar refractivity (Wildman–Crippen MR) is 117 cm³/mol. The number of aromatic nitrogens is 2. The zero-order chi connectivity index (χ0) is 24.9. The fourth-order valence-corrected chi connectivity index (χ4v) is 6.57. The number of ether oxygens (including phenoxy) is 1. The van der Waals surface area contributed by atoms with Crippen molar-refractivity contribution in [3.63, 3.8) is 0 Å². The third kappa shape index (κ3) is 4.73. The quantitative estimate of drug-likeness (QED) is 0.530. The van der Waals surface area contributed by atoms with E-state index in [0.29, 0.717) is 31.6 Å². The summed E-state index contributed by atoms with van der Waals surface area (Å²) in [5, 5.41) is 9.58. The number of rotatable bonds is 4. The average molecular weight is 508 g/mol. The summed E-state index contributed by atoms with van der Waals surface area (Å²) in [5.41, 5.74) is -0.335.